The van der Waals surface area contributed by atoms with Crippen molar-refractivity contribution < 1.29 is 18.0 Å². The van der Waals surface area contributed by atoms with Crippen LogP contribution >= 0.6 is 11.6 Å². The maximum absolute atomic E-state index is 13.2. The molecule has 1 atom stereocenters. The van der Waals surface area contributed by atoms with Crippen molar-refractivity contribution in [2.45, 2.75) is 44.2 Å². The van der Waals surface area contributed by atoms with Crippen LogP contribution in [0.25, 0.3) is 0 Å². The molecular weight excluding hydrogens is 438 g/mol. The third kappa shape index (κ3) is 5.64. The first-order chi connectivity index (χ1) is 14.7. The molecule has 0 spiro atoms. The standard InChI is InChI=1S/C22H26ClN3O4S/c1-15-5-6-16(2)20(12-15)31(29,30)26-11-3-4-19(26)14-25-22(28)21(27)24-13-17-7-9-18(23)10-8-17/h5-10,12,19H,3-4,11,13-14H2,1-2H3,(H,24,27)(H,25,28). The molecule has 1 heterocycles. The summed E-state index contributed by atoms with van der Waals surface area (Å²) in [6, 6.07) is 11.9. The Morgan fingerprint density at radius 3 is 2.45 bits per heavy atom. The highest BCUT2D eigenvalue weighted by Gasteiger charge is 2.36. The number of aryl methyl sites for hydroxylation is 2. The molecule has 2 N–H and O–H groups in total. The summed E-state index contributed by atoms with van der Waals surface area (Å²) in [6.07, 6.45) is 1.32. The first-order valence-electron chi connectivity index (χ1n) is 10.1. The molecule has 2 aromatic rings. The Kier molecular flexibility index (Phi) is 7.35. The number of carbonyl (C=O) groups excluding carboxylic acids is 2. The minimum atomic E-state index is -3.69. The molecule has 1 saturated heterocycles. The Labute approximate surface area is 187 Å². The lowest BCUT2D eigenvalue weighted by Gasteiger charge is -2.25. The number of amides is 2. The van der Waals surface area contributed by atoms with Crippen LogP contribution in [0.1, 0.15) is 29.5 Å². The molecule has 7 nitrogen and oxygen atoms in total. The molecule has 9 heteroatoms. The fourth-order valence-electron chi connectivity index (χ4n) is 3.60. The highest BCUT2D eigenvalue weighted by atomic mass is 35.5. The van der Waals surface area contributed by atoms with E-state index in [-0.39, 0.29) is 18.0 Å². The average molecular weight is 464 g/mol. The van der Waals surface area contributed by atoms with Crippen molar-refractivity contribution in [1.29, 1.82) is 0 Å². The smallest absolute Gasteiger partial charge is 0.309 e. The largest absolute Gasteiger partial charge is 0.346 e. The van der Waals surface area contributed by atoms with E-state index in [0.717, 1.165) is 11.1 Å². The van der Waals surface area contributed by atoms with Gasteiger partial charge in [-0.05, 0) is 61.6 Å². The second kappa shape index (κ2) is 9.80. The number of carbonyl (C=O) groups is 2. The lowest BCUT2D eigenvalue weighted by molar-refractivity contribution is -0.139. The van der Waals surface area contributed by atoms with Crippen LogP contribution in [0.15, 0.2) is 47.4 Å². The van der Waals surface area contributed by atoms with Gasteiger partial charge in [-0.1, -0.05) is 35.9 Å². The first kappa shape index (κ1) is 23.2. The predicted molar refractivity (Wildman–Crippen MR) is 119 cm³/mol. The van der Waals surface area contributed by atoms with Crippen LogP contribution in [0.2, 0.25) is 5.02 Å². The number of nitrogens with one attached hydrogen (secondary N) is 2. The summed E-state index contributed by atoms with van der Waals surface area (Å²) in [5.41, 5.74) is 2.36. The van der Waals surface area contributed by atoms with Gasteiger partial charge in [-0.25, -0.2) is 8.42 Å². The highest BCUT2D eigenvalue weighted by molar-refractivity contribution is 7.89. The van der Waals surface area contributed by atoms with Crippen LogP contribution in [0.5, 0.6) is 0 Å². The van der Waals surface area contributed by atoms with Gasteiger partial charge in [0.25, 0.3) is 0 Å². The minimum absolute atomic E-state index is 0.0806. The van der Waals surface area contributed by atoms with Crippen LogP contribution in [0.4, 0.5) is 0 Å². The number of nitrogens with zero attached hydrogens (tertiary/aromatic N) is 1. The zero-order chi connectivity index (χ0) is 22.6. The fraction of sp³-hybridized carbons (Fsp3) is 0.364. The van der Waals surface area contributed by atoms with E-state index in [0.29, 0.717) is 30.0 Å². The Bertz CT molecular complexity index is 1070. The quantitative estimate of drug-likeness (QED) is 0.643. The predicted octanol–water partition coefficient (Wildman–Crippen LogP) is 2.54. The number of benzene rings is 2. The molecule has 166 valence electrons. The molecule has 1 fully saturated rings. The van der Waals surface area contributed by atoms with Gasteiger partial charge in [-0.2, -0.15) is 4.31 Å². The van der Waals surface area contributed by atoms with Crippen LogP contribution < -0.4 is 10.6 Å². The molecule has 0 aromatic heterocycles. The van der Waals surface area contributed by atoms with E-state index in [1.807, 2.05) is 13.0 Å². The van der Waals surface area contributed by atoms with Crippen molar-refractivity contribution in [2.75, 3.05) is 13.1 Å². The second-order valence-electron chi connectivity index (χ2n) is 7.70. The van der Waals surface area contributed by atoms with E-state index in [2.05, 4.69) is 10.6 Å². The van der Waals surface area contributed by atoms with Crippen molar-refractivity contribution >= 4 is 33.4 Å². The second-order valence-corrected chi connectivity index (χ2v) is 10.00. The van der Waals surface area contributed by atoms with Gasteiger partial charge in [0.15, 0.2) is 0 Å². The molecule has 2 aromatic carbocycles. The van der Waals surface area contributed by atoms with Gasteiger partial charge in [0.1, 0.15) is 0 Å². The zero-order valence-corrected chi connectivity index (χ0v) is 19.1. The number of hydrogen-bond donors (Lipinski definition) is 2. The Hall–Kier alpha value is -2.42. The van der Waals surface area contributed by atoms with Crippen molar-refractivity contribution in [1.82, 2.24) is 14.9 Å². The number of sulfonamides is 1. The maximum atomic E-state index is 13.2. The zero-order valence-electron chi connectivity index (χ0n) is 17.5. The Balaban J connectivity index is 1.59. The Morgan fingerprint density at radius 2 is 1.74 bits per heavy atom. The lowest BCUT2D eigenvalue weighted by Crippen LogP contribution is -2.46. The molecular formula is C22H26ClN3O4S. The number of halogens is 1. The summed E-state index contributed by atoms with van der Waals surface area (Å²) < 4.78 is 27.8. The van der Waals surface area contributed by atoms with Gasteiger partial charge in [0.05, 0.1) is 4.90 Å². The SMILES string of the molecule is Cc1ccc(C)c(S(=O)(=O)N2CCCC2CNC(=O)C(=O)NCc2ccc(Cl)cc2)c1. The summed E-state index contributed by atoms with van der Waals surface area (Å²) in [6.45, 7) is 4.28. The number of hydrogen-bond acceptors (Lipinski definition) is 4. The van der Waals surface area contributed by atoms with Gasteiger partial charge < -0.3 is 10.6 Å². The summed E-state index contributed by atoms with van der Waals surface area (Å²) >= 11 is 5.83. The summed E-state index contributed by atoms with van der Waals surface area (Å²) in [5, 5.41) is 5.71. The molecule has 0 radical (unpaired) electrons. The van der Waals surface area contributed by atoms with E-state index in [4.69, 9.17) is 11.6 Å². The third-order valence-electron chi connectivity index (χ3n) is 5.32. The molecule has 2 amide bonds. The molecule has 0 saturated carbocycles. The minimum Gasteiger partial charge on any atom is -0.346 e. The van der Waals surface area contributed by atoms with Gasteiger partial charge in [-0.3, -0.25) is 9.59 Å². The summed E-state index contributed by atoms with van der Waals surface area (Å²) in [4.78, 5) is 24.6. The van der Waals surface area contributed by atoms with E-state index in [1.54, 1.807) is 43.3 Å². The fourth-order valence-corrected chi connectivity index (χ4v) is 5.73. The van der Waals surface area contributed by atoms with Crippen LogP contribution in [0, 0.1) is 13.8 Å². The third-order valence-corrected chi connectivity index (χ3v) is 7.67. The number of rotatable bonds is 6. The van der Waals surface area contributed by atoms with E-state index in [9.17, 15) is 18.0 Å². The van der Waals surface area contributed by atoms with Crippen molar-refractivity contribution in [3.63, 3.8) is 0 Å². The normalized spacial score (nSPS) is 16.8. The summed E-state index contributed by atoms with van der Waals surface area (Å²) in [5.74, 6) is -1.55. The average Bonchev–Trinajstić information content (AvgIpc) is 3.22. The van der Waals surface area contributed by atoms with Gasteiger partial charge in [0.2, 0.25) is 10.0 Å². The monoisotopic (exact) mass is 463 g/mol. The van der Waals surface area contributed by atoms with Gasteiger partial charge >= 0.3 is 11.8 Å². The molecule has 0 aliphatic carbocycles. The van der Waals surface area contributed by atoms with Crippen LogP contribution in [-0.2, 0) is 26.2 Å². The topological polar surface area (TPSA) is 95.6 Å². The molecule has 1 aliphatic heterocycles. The van der Waals surface area contributed by atoms with Gasteiger partial charge in [-0.15, -0.1) is 0 Å². The van der Waals surface area contributed by atoms with Gasteiger partial charge in [0, 0.05) is 30.7 Å². The summed E-state index contributed by atoms with van der Waals surface area (Å²) in [7, 11) is -3.69. The van der Waals surface area contributed by atoms with Crippen LogP contribution in [0.3, 0.4) is 0 Å². The van der Waals surface area contributed by atoms with Crippen molar-refractivity contribution in [2.24, 2.45) is 0 Å². The van der Waals surface area contributed by atoms with Crippen molar-refractivity contribution in [3.05, 3.63) is 64.2 Å². The molecule has 1 aliphatic rings. The first-order valence-corrected chi connectivity index (χ1v) is 11.9. The van der Waals surface area contributed by atoms with Crippen molar-refractivity contribution in [3.8, 4) is 0 Å². The van der Waals surface area contributed by atoms with Crippen LogP contribution in [-0.4, -0.2) is 43.7 Å². The van der Waals surface area contributed by atoms with E-state index in [1.165, 1.54) is 4.31 Å². The molecule has 31 heavy (non-hydrogen) atoms. The molecule has 1 unspecified atom stereocenters. The molecule has 0 bridgehead atoms. The lowest BCUT2D eigenvalue weighted by atomic mass is 10.2. The maximum Gasteiger partial charge on any atom is 0.309 e. The molecule has 3 rings (SSSR count). The Morgan fingerprint density at radius 1 is 1.06 bits per heavy atom. The highest BCUT2D eigenvalue weighted by Crippen LogP contribution is 2.28. The van der Waals surface area contributed by atoms with E-state index >= 15 is 0 Å². The van der Waals surface area contributed by atoms with E-state index < -0.39 is 27.9 Å².